The normalized spacial score (nSPS) is 11.8. The van der Waals surface area contributed by atoms with Crippen molar-refractivity contribution >= 4 is 5.69 Å². The second-order valence-corrected chi connectivity index (χ2v) is 4.06. The van der Waals surface area contributed by atoms with E-state index in [-0.39, 0.29) is 17.1 Å². The zero-order chi connectivity index (χ0) is 14.8. The average molecular weight is 287 g/mol. The molecule has 20 heavy (non-hydrogen) atoms. The smallest absolute Gasteiger partial charge is 0.398 e. The number of nitrogens with zero attached hydrogens (tertiary/aromatic N) is 2. The first-order valence-electron chi connectivity index (χ1n) is 5.70. The van der Waals surface area contributed by atoms with Gasteiger partial charge in [0.15, 0.2) is 5.82 Å². The lowest BCUT2D eigenvalue weighted by Gasteiger charge is -2.08. The molecule has 0 amide bonds. The lowest BCUT2D eigenvalue weighted by atomic mass is 10.1. The molecule has 0 spiro atoms. The molecule has 8 heteroatoms. The van der Waals surface area contributed by atoms with Crippen LogP contribution in [0.1, 0.15) is 11.4 Å². The van der Waals surface area contributed by atoms with Crippen LogP contribution in [-0.4, -0.2) is 23.9 Å². The molecular formula is C12H12F3N3O2. The van der Waals surface area contributed by atoms with Gasteiger partial charge in [0.25, 0.3) is 5.89 Å². The molecule has 0 saturated carbocycles. The molecule has 108 valence electrons. The second-order valence-electron chi connectivity index (χ2n) is 4.06. The van der Waals surface area contributed by atoms with Crippen LogP contribution in [0.3, 0.4) is 0 Å². The summed E-state index contributed by atoms with van der Waals surface area (Å²) in [6, 6.07) is 2.98. The van der Waals surface area contributed by atoms with Gasteiger partial charge in [0.2, 0.25) is 0 Å². The third kappa shape index (κ3) is 3.08. The Morgan fingerprint density at radius 2 is 2.10 bits per heavy atom. The van der Waals surface area contributed by atoms with Gasteiger partial charge >= 0.3 is 6.18 Å². The summed E-state index contributed by atoms with van der Waals surface area (Å²) in [6.45, 7) is 0.418. The van der Waals surface area contributed by atoms with E-state index in [0.717, 1.165) is 12.1 Å². The maximum atomic E-state index is 12.5. The fourth-order valence-electron chi connectivity index (χ4n) is 1.59. The number of aromatic nitrogens is 2. The molecule has 2 aromatic rings. The summed E-state index contributed by atoms with van der Waals surface area (Å²) in [5.41, 5.74) is 4.99. The van der Waals surface area contributed by atoms with Crippen LogP contribution < -0.4 is 5.73 Å². The topological polar surface area (TPSA) is 74.2 Å². The van der Waals surface area contributed by atoms with Gasteiger partial charge in [-0.3, -0.25) is 0 Å². The number of halogens is 3. The molecule has 5 nitrogen and oxygen atoms in total. The summed E-state index contributed by atoms with van der Waals surface area (Å²) in [6.07, 6.45) is -3.99. The van der Waals surface area contributed by atoms with Crippen molar-refractivity contribution in [3.63, 3.8) is 0 Å². The van der Waals surface area contributed by atoms with Crippen LogP contribution >= 0.6 is 0 Å². The van der Waals surface area contributed by atoms with Gasteiger partial charge in [-0.05, 0) is 18.2 Å². The van der Waals surface area contributed by atoms with Crippen molar-refractivity contribution in [3.05, 3.63) is 29.6 Å². The number of anilines is 1. The van der Waals surface area contributed by atoms with E-state index in [4.69, 9.17) is 15.0 Å². The van der Waals surface area contributed by atoms with Crippen molar-refractivity contribution in [1.82, 2.24) is 10.1 Å². The minimum absolute atomic E-state index is 0.0678. The Morgan fingerprint density at radius 1 is 1.35 bits per heavy atom. The van der Waals surface area contributed by atoms with Crippen molar-refractivity contribution < 1.29 is 22.4 Å². The van der Waals surface area contributed by atoms with E-state index in [2.05, 4.69) is 10.1 Å². The lowest BCUT2D eigenvalue weighted by molar-refractivity contribution is -0.137. The Balaban J connectivity index is 2.27. The maximum absolute atomic E-state index is 12.5. The van der Waals surface area contributed by atoms with Gasteiger partial charge in [-0.2, -0.15) is 18.2 Å². The Morgan fingerprint density at radius 3 is 2.70 bits per heavy atom. The largest absolute Gasteiger partial charge is 0.416 e. The second kappa shape index (κ2) is 5.49. The van der Waals surface area contributed by atoms with E-state index in [1.54, 1.807) is 0 Å². The van der Waals surface area contributed by atoms with Crippen LogP contribution in [0.4, 0.5) is 18.9 Å². The highest BCUT2D eigenvalue weighted by atomic mass is 19.4. The van der Waals surface area contributed by atoms with E-state index in [9.17, 15) is 13.2 Å². The highest BCUT2D eigenvalue weighted by molar-refractivity contribution is 5.71. The van der Waals surface area contributed by atoms with Crippen molar-refractivity contribution in [2.75, 3.05) is 19.5 Å². The predicted octanol–water partition coefficient (Wildman–Crippen LogP) is 2.53. The number of hydrogen-bond acceptors (Lipinski definition) is 5. The molecule has 1 aromatic carbocycles. The van der Waals surface area contributed by atoms with E-state index >= 15 is 0 Å². The van der Waals surface area contributed by atoms with Gasteiger partial charge in [-0.15, -0.1) is 0 Å². The molecule has 1 heterocycles. The molecule has 0 atom stereocenters. The maximum Gasteiger partial charge on any atom is 0.416 e. The fourth-order valence-corrected chi connectivity index (χ4v) is 1.59. The number of methoxy groups -OCH3 is 1. The van der Waals surface area contributed by atoms with Gasteiger partial charge in [-0.1, -0.05) is 5.16 Å². The number of benzene rings is 1. The Kier molecular flexibility index (Phi) is 3.93. The molecule has 1 aromatic heterocycles. The first-order chi connectivity index (χ1) is 9.41. The quantitative estimate of drug-likeness (QED) is 0.875. The van der Waals surface area contributed by atoms with Crippen molar-refractivity contribution in [3.8, 4) is 11.5 Å². The first kappa shape index (κ1) is 14.3. The summed E-state index contributed by atoms with van der Waals surface area (Å²) in [5, 5.41) is 3.70. The zero-order valence-corrected chi connectivity index (χ0v) is 10.6. The summed E-state index contributed by atoms with van der Waals surface area (Å²) >= 11 is 0. The Hall–Kier alpha value is -2.09. The zero-order valence-electron chi connectivity index (χ0n) is 10.6. The van der Waals surface area contributed by atoms with E-state index in [1.165, 1.54) is 13.2 Å². The van der Waals surface area contributed by atoms with Gasteiger partial charge in [-0.25, -0.2) is 0 Å². The number of nitrogen functional groups attached to an aromatic ring is 1. The Bertz CT molecular complexity index is 596. The number of alkyl halides is 3. The number of ether oxygens (including phenoxy) is 1. The molecule has 0 aliphatic rings. The minimum Gasteiger partial charge on any atom is -0.398 e. The molecular weight excluding hydrogens is 275 g/mol. The molecule has 0 aliphatic carbocycles. The van der Waals surface area contributed by atoms with Crippen LogP contribution in [0.25, 0.3) is 11.5 Å². The predicted molar refractivity (Wildman–Crippen MR) is 64.7 cm³/mol. The SMILES string of the molecule is COCCc1noc(-c2ccc(C(F)(F)F)cc2N)n1. The van der Waals surface area contributed by atoms with Gasteiger partial charge in [0.1, 0.15) is 0 Å². The highest BCUT2D eigenvalue weighted by Gasteiger charge is 2.31. The minimum atomic E-state index is -4.44. The Labute approximate surface area is 112 Å². The van der Waals surface area contributed by atoms with E-state index < -0.39 is 11.7 Å². The number of rotatable bonds is 4. The van der Waals surface area contributed by atoms with Crippen LogP contribution in [-0.2, 0) is 17.3 Å². The van der Waals surface area contributed by atoms with Crippen LogP contribution in [0.15, 0.2) is 22.7 Å². The van der Waals surface area contributed by atoms with Crippen LogP contribution in [0.2, 0.25) is 0 Å². The molecule has 0 fully saturated rings. The van der Waals surface area contributed by atoms with Crippen molar-refractivity contribution in [2.45, 2.75) is 12.6 Å². The standard InChI is InChI=1S/C12H12F3N3O2/c1-19-5-4-10-17-11(20-18-10)8-3-2-7(6-9(8)16)12(13,14)15/h2-3,6H,4-5,16H2,1H3. The summed E-state index contributed by atoms with van der Waals surface area (Å²) in [7, 11) is 1.54. The van der Waals surface area contributed by atoms with Gasteiger partial charge in [0.05, 0.1) is 17.7 Å². The molecule has 0 bridgehead atoms. The van der Waals surface area contributed by atoms with Crippen LogP contribution in [0, 0.1) is 0 Å². The van der Waals surface area contributed by atoms with Crippen LogP contribution in [0.5, 0.6) is 0 Å². The number of hydrogen-bond donors (Lipinski definition) is 1. The lowest BCUT2D eigenvalue weighted by Crippen LogP contribution is -2.06. The van der Waals surface area contributed by atoms with E-state index in [0.29, 0.717) is 18.9 Å². The molecule has 0 saturated heterocycles. The van der Waals surface area contributed by atoms with Gasteiger partial charge in [0, 0.05) is 19.2 Å². The monoisotopic (exact) mass is 287 g/mol. The third-order valence-corrected chi connectivity index (χ3v) is 2.61. The summed E-state index contributed by atoms with van der Waals surface area (Å²) < 4.78 is 47.4. The summed E-state index contributed by atoms with van der Waals surface area (Å²) in [5.74, 6) is 0.489. The molecule has 0 aliphatic heterocycles. The molecule has 0 unspecified atom stereocenters. The summed E-state index contributed by atoms with van der Waals surface area (Å²) in [4.78, 5) is 4.05. The van der Waals surface area contributed by atoms with Crippen molar-refractivity contribution in [1.29, 1.82) is 0 Å². The molecule has 2 rings (SSSR count). The molecule has 2 N–H and O–H groups in total. The highest BCUT2D eigenvalue weighted by Crippen LogP contribution is 2.34. The number of nitrogens with two attached hydrogens (primary N) is 1. The third-order valence-electron chi connectivity index (χ3n) is 2.61. The van der Waals surface area contributed by atoms with Gasteiger partial charge < -0.3 is 15.0 Å². The fraction of sp³-hybridized carbons (Fsp3) is 0.333. The average Bonchev–Trinajstić information content (AvgIpc) is 2.83. The van der Waals surface area contributed by atoms with Crippen molar-refractivity contribution in [2.24, 2.45) is 0 Å². The first-order valence-corrected chi connectivity index (χ1v) is 5.70. The van der Waals surface area contributed by atoms with E-state index in [1.807, 2.05) is 0 Å². The molecule has 0 radical (unpaired) electrons.